The van der Waals surface area contributed by atoms with E-state index in [0.29, 0.717) is 50.5 Å². The maximum Gasteiger partial charge on any atom is 0.410 e. The fraction of sp³-hybridized carbons (Fsp3) is 0.680. The molecule has 35 heavy (non-hydrogen) atoms. The van der Waals surface area contributed by atoms with Crippen molar-refractivity contribution in [1.82, 2.24) is 14.1 Å². The molecule has 4 atom stereocenters. The molecule has 3 heterocycles. The zero-order valence-corrected chi connectivity index (χ0v) is 22.1. The van der Waals surface area contributed by atoms with E-state index in [0.717, 1.165) is 25.7 Å². The smallest absolute Gasteiger partial charge is 0.410 e. The van der Waals surface area contributed by atoms with Crippen LogP contribution in [0.3, 0.4) is 0 Å². The van der Waals surface area contributed by atoms with Crippen molar-refractivity contribution in [3.63, 3.8) is 0 Å². The van der Waals surface area contributed by atoms with E-state index in [2.05, 4.69) is 0 Å². The van der Waals surface area contributed by atoms with Crippen LogP contribution >= 0.6 is 11.6 Å². The molecule has 4 rings (SSSR count). The SMILES string of the molecule is CCN(CC)C(=O)C1CCCN(C(=O)O[C@H]2CCC3CCCC2N3S(=O)(=O)c2ccc(Cl)cc2)C1. The molecule has 0 N–H and O–H groups in total. The molecule has 3 saturated heterocycles. The van der Waals surface area contributed by atoms with E-state index in [9.17, 15) is 18.0 Å². The molecule has 2 bridgehead atoms. The van der Waals surface area contributed by atoms with Crippen molar-refractivity contribution in [2.24, 2.45) is 5.92 Å². The van der Waals surface area contributed by atoms with Crippen molar-refractivity contribution in [2.75, 3.05) is 26.2 Å². The average Bonchev–Trinajstić information content (AvgIpc) is 2.86. The third-order valence-corrected chi connectivity index (χ3v) is 9.93. The first-order valence-electron chi connectivity index (χ1n) is 12.8. The van der Waals surface area contributed by atoms with E-state index in [1.165, 1.54) is 12.1 Å². The quantitative estimate of drug-likeness (QED) is 0.557. The lowest BCUT2D eigenvalue weighted by Gasteiger charge is -2.48. The van der Waals surface area contributed by atoms with Crippen LogP contribution in [0.15, 0.2) is 29.2 Å². The summed E-state index contributed by atoms with van der Waals surface area (Å²) in [6, 6.07) is 5.75. The number of hydrogen-bond donors (Lipinski definition) is 0. The van der Waals surface area contributed by atoms with Crippen LogP contribution in [-0.2, 0) is 19.6 Å². The van der Waals surface area contributed by atoms with Gasteiger partial charge in [0.15, 0.2) is 0 Å². The van der Waals surface area contributed by atoms with Crippen LogP contribution in [-0.4, -0.2) is 78.9 Å². The molecule has 3 aliphatic heterocycles. The van der Waals surface area contributed by atoms with Gasteiger partial charge < -0.3 is 14.5 Å². The van der Waals surface area contributed by atoms with Crippen molar-refractivity contribution in [3.8, 4) is 0 Å². The minimum atomic E-state index is -3.75. The van der Waals surface area contributed by atoms with Crippen LogP contribution in [0.25, 0.3) is 0 Å². The number of carbonyl (C=O) groups excluding carboxylic acids is 2. The standard InChI is InChI=1S/C25H36ClN3O5S/c1-3-27(4-2)24(30)18-7-6-16-28(17-18)25(31)34-23-15-12-20-8-5-9-22(23)29(20)35(32,33)21-13-10-19(26)11-14-21/h10-11,13-14,18,20,22-23H,3-9,12,15-17H2,1-2H3/t18?,20?,22?,23-/m0/s1. The van der Waals surface area contributed by atoms with Crippen LogP contribution in [0.1, 0.15) is 58.8 Å². The molecule has 0 spiro atoms. The molecular formula is C25H36ClN3O5S. The van der Waals surface area contributed by atoms with Crippen molar-refractivity contribution >= 4 is 33.6 Å². The lowest BCUT2D eigenvalue weighted by atomic mass is 9.85. The molecular weight excluding hydrogens is 490 g/mol. The monoisotopic (exact) mass is 525 g/mol. The molecule has 3 fully saturated rings. The first-order chi connectivity index (χ1) is 16.8. The summed E-state index contributed by atoms with van der Waals surface area (Å²) in [6.45, 7) is 6.12. The summed E-state index contributed by atoms with van der Waals surface area (Å²) in [5.74, 6) is -0.135. The van der Waals surface area contributed by atoms with Gasteiger partial charge in [0.1, 0.15) is 6.10 Å². The predicted octanol–water partition coefficient (Wildman–Crippen LogP) is 4.13. The highest BCUT2D eigenvalue weighted by molar-refractivity contribution is 7.89. The van der Waals surface area contributed by atoms with Crippen LogP contribution < -0.4 is 0 Å². The molecule has 1 aromatic carbocycles. The van der Waals surface area contributed by atoms with Gasteiger partial charge in [-0.1, -0.05) is 18.0 Å². The minimum Gasteiger partial charge on any atom is -0.444 e. The molecule has 0 aromatic heterocycles. The molecule has 8 nitrogen and oxygen atoms in total. The summed E-state index contributed by atoms with van der Waals surface area (Å²) >= 11 is 5.97. The van der Waals surface area contributed by atoms with E-state index in [1.807, 2.05) is 18.7 Å². The van der Waals surface area contributed by atoms with Gasteiger partial charge in [0.25, 0.3) is 0 Å². The first kappa shape index (κ1) is 26.2. The third-order valence-electron chi connectivity index (χ3n) is 7.68. The van der Waals surface area contributed by atoms with Crippen molar-refractivity contribution in [1.29, 1.82) is 0 Å². The zero-order chi connectivity index (χ0) is 25.2. The third kappa shape index (κ3) is 5.47. The Kier molecular flexibility index (Phi) is 8.28. The fourth-order valence-electron chi connectivity index (χ4n) is 5.84. The molecule has 2 amide bonds. The number of likely N-dealkylation sites (tertiary alicyclic amines) is 1. The van der Waals surface area contributed by atoms with E-state index in [4.69, 9.17) is 16.3 Å². The second-order valence-corrected chi connectivity index (χ2v) is 12.0. The van der Waals surface area contributed by atoms with Gasteiger partial charge in [-0.15, -0.1) is 0 Å². The molecule has 10 heteroatoms. The highest BCUT2D eigenvalue weighted by atomic mass is 35.5. The summed E-state index contributed by atoms with van der Waals surface area (Å²) < 4.78 is 34.7. The number of piperidine rings is 3. The highest BCUT2D eigenvalue weighted by Crippen LogP contribution is 2.39. The van der Waals surface area contributed by atoms with E-state index in [-0.39, 0.29) is 28.8 Å². The number of ether oxygens (including phenoxy) is 1. The van der Waals surface area contributed by atoms with Crippen molar-refractivity contribution in [2.45, 2.75) is 81.9 Å². The lowest BCUT2D eigenvalue weighted by molar-refractivity contribution is -0.136. The van der Waals surface area contributed by atoms with E-state index in [1.54, 1.807) is 21.3 Å². The molecule has 194 valence electrons. The van der Waals surface area contributed by atoms with Gasteiger partial charge in [0, 0.05) is 37.2 Å². The van der Waals surface area contributed by atoms with Gasteiger partial charge >= 0.3 is 6.09 Å². The number of nitrogens with zero attached hydrogens (tertiary/aromatic N) is 3. The highest BCUT2D eigenvalue weighted by Gasteiger charge is 2.48. The van der Waals surface area contributed by atoms with Gasteiger partial charge in [-0.25, -0.2) is 13.2 Å². The van der Waals surface area contributed by atoms with Gasteiger partial charge in [-0.05, 0) is 76.6 Å². The number of benzene rings is 1. The molecule has 3 unspecified atom stereocenters. The summed E-state index contributed by atoms with van der Waals surface area (Å²) in [7, 11) is -3.75. The van der Waals surface area contributed by atoms with Crippen molar-refractivity contribution in [3.05, 3.63) is 29.3 Å². The van der Waals surface area contributed by atoms with Gasteiger partial charge in [0.2, 0.25) is 15.9 Å². The van der Waals surface area contributed by atoms with Crippen LogP contribution in [0, 0.1) is 5.92 Å². The maximum atomic E-state index is 13.6. The Balaban J connectivity index is 1.47. The topological polar surface area (TPSA) is 87.2 Å². The fourth-order valence-corrected chi connectivity index (χ4v) is 7.89. The molecule has 0 saturated carbocycles. The minimum absolute atomic E-state index is 0.0838. The maximum absolute atomic E-state index is 13.6. The number of amides is 2. The molecule has 0 aliphatic carbocycles. The Labute approximate surface area is 213 Å². The van der Waals surface area contributed by atoms with Crippen molar-refractivity contribution < 1.29 is 22.7 Å². The number of rotatable bonds is 6. The Bertz CT molecular complexity index is 1010. The van der Waals surface area contributed by atoms with Crippen LogP contribution in [0.4, 0.5) is 4.79 Å². The Morgan fingerprint density at radius 3 is 2.43 bits per heavy atom. The van der Waals surface area contributed by atoms with Crippen LogP contribution in [0.5, 0.6) is 0 Å². The number of halogens is 1. The van der Waals surface area contributed by atoms with Crippen LogP contribution in [0.2, 0.25) is 5.02 Å². The molecule has 3 aliphatic rings. The largest absolute Gasteiger partial charge is 0.444 e. The van der Waals surface area contributed by atoms with E-state index < -0.39 is 22.2 Å². The van der Waals surface area contributed by atoms with Gasteiger partial charge in [0.05, 0.1) is 16.9 Å². The number of fused-ring (bicyclic) bond motifs is 2. The van der Waals surface area contributed by atoms with E-state index >= 15 is 0 Å². The van der Waals surface area contributed by atoms with Gasteiger partial charge in [-0.2, -0.15) is 4.31 Å². The number of carbonyl (C=O) groups is 2. The normalized spacial score (nSPS) is 27.3. The summed E-state index contributed by atoms with van der Waals surface area (Å²) in [6.07, 6.45) is 4.24. The zero-order valence-electron chi connectivity index (χ0n) is 20.6. The Morgan fingerprint density at radius 1 is 1.03 bits per heavy atom. The molecule has 1 aromatic rings. The average molecular weight is 526 g/mol. The summed E-state index contributed by atoms with van der Waals surface area (Å²) in [5, 5.41) is 0.480. The summed E-state index contributed by atoms with van der Waals surface area (Å²) in [5.41, 5.74) is 0. The lowest BCUT2D eigenvalue weighted by Crippen LogP contribution is -2.59. The Morgan fingerprint density at radius 2 is 1.74 bits per heavy atom. The second kappa shape index (κ2) is 11.0. The first-order valence-corrected chi connectivity index (χ1v) is 14.6. The molecule has 0 radical (unpaired) electrons. The number of hydrogen-bond acceptors (Lipinski definition) is 5. The Hall–Kier alpha value is -1.84. The van der Waals surface area contributed by atoms with Gasteiger partial charge in [-0.3, -0.25) is 4.79 Å². The number of sulfonamides is 1. The predicted molar refractivity (Wildman–Crippen MR) is 134 cm³/mol. The second-order valence-electron chi connectivity index (χ2n) is 9.74. The summed E-state index contributed by atoms with van der Waals surface area (Å²) in [4.78, 5) is 29.6.